The van der Waals surface area contributed by atoms with Crippen molar-refractivity contribution in [2.45, 2.75) is 0 Å². The Hall–Kier alpha value is -1.92. The minimum absolute atomic E-state index is 0.578. The number of fused-ring (bicyclic) bond motifs is 2. The summed E-state index contributed by atoms with van der Waals surface area (Å²) < 4.78 is 2.16. The fourth-order valence-electron chi connectivity index (χ4n) is 1.75. The molecule has 86 valence electrons. The van der Waals surface area contributed by atoms with Crippen LogP contribution in [0.5, 0.6) is 0 Å². The fraction of sp³-hybridized carbons (Fsp3) is 0. The van der Waals surface area contributed by atoms with Gasteiger partial charge in [0.05, 0.1) is 20.4 Å². The van der Waals surface area contributed by atoms with Crippen LogP contribution in [0.1, 0.15) is 0 Å². The molecule has 0 saturated heterocycles. The molecular weight excluding hydrogens is 264 g/mol. The van der Waals surface area contributed by atoms with Gasteiger partial charge < -0.3 is 0 Å². The van der Waals surface area contributed by atoms with Gasteiger partial charge in [0.15, 0.2) is 11.6 Å². The summed E-state index contributed by atoms with van der Waals surface area (Å²) in [5, 5.41) is 4.01. The molecule has 0 aliphatic heterocycles. The van der Waals surface area contributed by atoms with Crippen molar-refractivity contribution in [2.24, 2.45) is 0 Å². The molecule has 4 nitrogen and oxygen atoms in total. The Morgan fingerprint density at radius 2 is 1.22 bits per heavy atom. The summed E-state index contributed by atoms with van der Waals surface area (Å²) in [5.74, 6) is 1.16. The predicted molar refractivity (Wildman–Crippen MR) is 73.8 cm³/mol. The Kier molecular flexibility index (Phi) is 2.12. The third-order valence-electron chi connectivity index (χ3n) is 2.61. The van der Waals surface area contributed by atoms with Crippen LogP contribution in [-0.4, -0.2) is 19.9 Å². The molecule has 0 saturated carbocycles. The first kappa shape index (κ1) is 10.0. The van der Waals surface area contributed by atoms with Gasteiger partial charge in [0.2, 0.25) is 0 Å². The maximum Gasteiger partial charge on any atom is 0.198 e. The van der Waals surface area contributed by atoms with Gasteiger partial charge >= 0.3 is 0 Å². The maximum absolute atomic E-state index is 4.47. The SMILES string of the molecule is c1cc2nc(-c3ncc4sccc4n3)ncc2s1. The van der Waals surface area contributed by atoms with Crippen LogP contribution in [-0.2, 0) is 0 Å². The number of thiophene rings is 2. The minimum Gasteiger partial charge on any atom is -0.232 e. The van der Waals surface area contributed by atoms with E-state index in [4.69, 9.17) is 0 Å². The molecule has 0 amide bonds. The van der Waals surface area contributed by atoms with E-state index in [1.807, 2.05) is 35.3 Å². The van der Waals surface area contributed by atoms with Crippen LogP contribution in [0.25, 0.3) is 32.1 Å². The van der Waals surface area contributed by atoms with Gasteiger partial charge in [0.1, 0.15) is 0 Å². The van der Waals surface area contributed by atoms with Crippen molar-refractivity contribution >= 4 is 43.1 Å². The Bertz CT molecular complexity index is 777. The molecule has 0 aromatic carbocycles. The Labute approximate surface area is 110 Å². The molecule has 0 fully saturated rings. The average molecular weight is 270 g/mol. The molecule has 0 N–H and O–H groups in total. The monoisotopic (exact) mass is 270 g/mol. The second-order valence-electron chi connectivity index (χ2n) is 3.73. The molecule has 0 bridgehead atoms. The zero-order valence-corrected chi connectivity index (χ0v) is 10.7. The van der Waals surface area contributed by atoms with Gasteiger partial charge in [-0.15, -0.1) is 22.7 Å². The lowest BCUT2D eigenvalue weighted by Gasteiger charge is -1.98. The zero-order chi connectivity index (χ0) is 11.9. The zero-order valence-electron chi connectivity index (χ0n) is 9.07. The first-order valence-corrected chi connectivity index (χ1v) is 7.07. The molecule has 6 heteroatoms. The maximum atomic E-state index is 4.47. The quantitative estimate of drug-likeness (QED) is 0.532. The molecule has 18 heavy (non-hydrogen) atoms. The van der Waals surface area contributed by atoms with Crippen LogP contribution < -0.4 is 0 Å². The molecule has 0 spiro atoms. The fourth-order valence-corrected chi connectivity index (χ4v) is 3.13. The van der Waals surface area contributed by atoms with Gasteiger partial charge in [0.25, 0.3) is 0 Å². The topological polar surface area (TPSA) is 51.6 Å². The van der Waals surface area contributed by atoms with Gasteiger partial charge in [-0.3, -0.25) is 0 Å². The summed E-state index contributed by atoms with van der Waals surface area (Å²) in [7, 11) is 0. The molecule has 4 aromatic heterocycles. The second kappa shape index (κ2) is 3.79. The standard InChI is InChI=1S/C12H6N4S2/c1-3-17-9-5-13-11(15-7(1)9)12-14-6-10-8(16-12)2-4-18-10/h1-6H. The third kappa shape index (κ3) is 1.50. The predicted octanol–water partition coefficient (Wildman–Crippen LogP) is 3.36. The van der Waals surface area contributed by atoms with E-state index in [0.29, 0.717) is 11.6 Å². The molecule has 0 radical (unpaired) electrons. The summed E-state index contributed by atoms with van der Waals surface area (Å²) in [6.07, 6.45) is 3.65. The normalized spacial score (nSPS) is 11.3. The van der Waals surface area contributed by atoms with Crippen molar-refractivity contribution in [3.05, 3.63) is 35.3 Å². The molecule has 4 heterocycles. The van der Waals surface area contributed by atoms with Crippen molar-refractivity contribution in [3.63, 3.8) is 0 Å². The second-order valence-corrected chi connectivity index (χ2v) is 5.62. The van der Waals surface area contributed by atoms with E-state index >= 15 is 0 Å². The summed E-state index contributed by atoms with van der Waals surface area (Å²) in [6.45, 7) is 0. The third-order valence-corrected chi connectivity index (χ3v) is 4.29. The van der Waals surface area contributed by atoms with E-state index in [0.717, 1.165) is 20.4 Å². The molecule has 0 aliphatic carbocycles. The van der Waals surface area contributed by atoms with E-state index in [2.05, 4.69) is 19.9 Å². The van der Waals surface area contributed by atoms with Crippen molar-refractivity contribution in [1.82, 2.24) is 19.9 Å². The first-order chi connectivity index (χ1) is 8.90. The van der Waals surface area contributed by atoms with Crippen molar-refractivity contribution in [1.29, 1.82) is 0 Å². The molecular formula is C12H6N4S2. The highest BCUT2D eigenvalue weighted by molar-refractivity contribution is 7.17. The number of hydrogen-bond acceptors (Lipinski definition) is 6. The van der Waals surface area contributed by atoms with Crippen LogP contribution in [0.4, 0.5) is 0 Å². The summed E-state index contributed by atoms with van der Waals surface area (Å²) >= 11 is 3.26. The smallest absolute Gasteiger partial charge is 0.198 e. The lowest BCUT2D eigenvalue weighted by molar-refractivity contribution is 1.13. The highest BCUT2D eigenvalue weighted by atomic mass is 32.1. The number of hydrogen-bond donors (Lipinski definition) is 0. The first-order valence-electron chi connectivity index (χ1n) is 5.31. The number of aromatic nitrogens is 4. The number of rotatable bonds is 1. The van der Waals surface area contributed by atoms with E-state index in [1.165, 1.54) is 0 Å². The Morgan fingerprint density at radius 3 is 1.72 bits per heavy atom. The summed E-state index contributed by atoms with van der Waals surface area (Å²) in [4.78, 5) is 17.6. The van der Waals surface area contributed by atoms with Crippen LogP contribution in [0.3, 0.4) is 0 Å². The van der Waals surface area contributed by atoms with Crippen LogP contribution >= 0.6 is 22.7 Å². The lowest BCUT2D eigenvalue weighted by atomic mass is 10.4. The highest BCUT2D eigenvalue weighted by Gasteiger charge is 2.08. The van der Waals surface area contributed by atoms with Gasteiger partial charge in [-0.05, 0) is 22.9 Å². The lowest BCUT2D eigenvalue weighted by Crippen LogP contribution is -1.93. The van der Waals surface area contributed by atoms with E-state index in [9.17, 15) is 0 Å². The van der Waals surface area contributed by atoms with Crippen LogP contribution in [0, 0.1) is 0 Å². The number of nitrogens with zero attached hydrogens (tertiary/aromatic N) is 4. The van der Waals surface area contributed by atoms with E-state index < -0.39 is 0 Å². The molecule has 4 aromatic rings. The molecule has 0 unspecified atom stereocenters. The Balaban J connectivity index is 1.93. The van der Waals surface area contributed by atoms with Gasteiger partial charge in [-0.25, -0.2) is 19.9 Å². The average Bonchev–Trinajstić information content (AvgIpc) is 3.05. The summed E-state index contributed by atoms with van der Waals surface area (Å²) in [5.41, 5.74) is 1.89. The van der Waals surface area contributed by atoms with Gasteiger partial charge in [-0.2, -0.15) is 0 Å². The van der Waals surface area contributed by atoms with E-state index in [-0.39, 0.29) is 0 Å². The Morgan fingerprint density at radius 1 is 0.722 bits per heavy atom. The highest BCUT2D eigenvalue weighted by Crippen LogP contribution is 2.22. The van der Waals surface area contributed by atoms with Crippen molar-refractivity contribution in [2.75, 3.05) is 0 Å². The van der Waals surface area contributed by atoms with Gasteiger partial charge in [-0.1, -0.05) is 0 Å². The van der Waals surface area contributed by atoms with Crippen LogP contribution in [0.2, 0.25) is 0 Å². The largest absolute Gasteiger partial charge is 0.232 e. The minimum atomic E-state index is 0.578. The van der Waals surface area contributed by atoms with Crippen LogP contribution in [0.15, 0.2) is 35.3 Å². The van der Waals surface area contributed by atoms with Crippen molar-refractivity contribution in [3.8, 4) is 11.6 Å². The molecule has 0 atom stereocenters. The van der Waals surface area contributed by atoms with Crippen molar-refractivity contribution < 1.29 is 0 Å². The molecule has 4 rings (SSSR count). The van der Waals surface area contributed by atoms with Gasteiger partial charge in [0, 0.05) is 12.4 Å². The van der Waals surface area contributed by atoms with E-state index in [1.54, 1.807) is 22.7 Å². The summed E-state index contributed by atoms with van der Waals surface area (Å²) in [6, 6.07) is 3.96. The molecule has 0 aliphatic rings.